The topological polar surface area (TPSA) is 50.2 Å². The highest BCUT2D eigenvalue weighted by Crippen LogP contribution is 2.41. The number of rotatable bonds is 2. The van der Waals surface area contributed by atoms with Gasteiger partial charge in [0.05, 0.1) is 10.6 Å². The number of fused-ring (bicyclic) bond motifs is 1. The summed E-state index contributed by atoms with van der Waals surface area (Å²) in [5, 5.41) is 4.99. The van der Waals surface area contributed by atoms with E-state index in [1.165, 1.54) is 22.9 Å². The third-order valence-corrected chi connectivity index (χ3v) is 4.21. The molecule has 0 spiro atoms. The SMILES string of the molecule is O=c1cc(-c2cccs2)nc2c(C3CC3)c[nH]n12. The Morgan fingerprint density at radius 1 is 1.44 bits per heavy atom. The molecule has 1 N–H and O–H groups in total. The summed E-state index contributed by atoms with van der Waals surface area (Å²) in [7, 11) is 0. The molecule has 0 radical (unpaired) electrons. The van der Waals surface area contributed by atoms with Gasteiger partial charge in [0.25, 0.3) is 5.56 Å². The fourth-order valence-electron chi connectivity index (χ4n) is 2.24. The Morgan fingerprint density at radius 2 is 2.33 bits per heavy atom. The minimum Gasteiger partial charge on any atom is -0.297 e. The first kappa shape index (κ1) is 10.1. The Balaban J connectivity index is 2.01. The number of aromatic nitrogens is 3. The number of aromatic amines is 1. The second-order valence-electron chi connectivity index (χ2n) is 4.62. The maximum Gasteiger partial charge on any atom is 0.273 e. The van der Waals surface area contributed by atoms with Gasteiger partial charge in [-0.2, -0.15) is 0 Å². The Bertz CT molecular complexity index is 765. The van der Waals surface area contributed by atoms with Gasteiger partial charge < -0.3 is 0 Å². The van der Waals surface area contributed by atoms with Crippen LogP contribution in [0.5, 0.6) is 0 Å². The van der Waals surface area contributed by atoms with Crippen LogP contribution in [0.25, 0.3) is 16.2 Å². The predicted octanol–water partition coefficient (Wildman–Crippen LogP) is 2.63. The lowest BCUT2D eigenvalue weighted by Gasteiger charge is -1.99. The molecule has 3 heterocycles. The molecule has 3 aromatic heterocycles. The van der Waals surface area contributed by atoms with Gasteiger partial charge in [0, 0.05) is 17.8 Å². The fourth-order valence-corrected chi connectivity index (χ4v) is 2.93. The van der Waals surface area contributed by atoms with Crippen LogP contribution in [0.15, 0.2) is 34.6 Å². The lowest BCUT2D eigenvalue weighted by atomic mass is 10.2. The van der Waals surface area contributed by atoms with Crippen molar-refractivity contribution in [1.82, 2.24) is 14.6 Å². The van der Waals surface area contributed by atoms with Crippen molar-refractivity contribution >= 4 is 17.0 Å². The molecule has 90 valence electrons. The van der Waals surface area contributed by atoms with Crippen molar-refractivity contribution in [3.8, 4) is 10.6 Å². The molecule has 0 unspecified atom stereocenters. The minimum atomic E-state index is -0.0460. The van der Waals surface area contributed by atoms with Crippen molar-refractivity contribution in [2.45, 2.75) is 18.8 Å². The molecule has 0 saturated heterocycles. The summed E-state index contributed by atoms with van der Waals surface area (Å²) in [5.41, 5.74) is 2.69. The Morgan fingerprint density at radius 3 is 3.06 bits per heavy atom. The van der Waals surface area contributed by atoms with Crippen molar-refractivity contribution in [3.63, 3.8) is 0 Å². The molecule has 1 fully saturated rings. The molecule has 0 aromatic carbocycles. The van der Waals surface area contributed by atoms with Crippen molar-refractivity contribution in [2.24, 2.45) is 0 Å². The highest BCUT2D eigenvalue weighted by Gasteiger charge is 2.27. The zero-order chi connectivity index (χ0) is 12.1. The first-order valence-corrected chi connectivity index (χ1v) is 6.86. The average Bonchev–Trinajstić information content (AvgIpc) is 2.93. The molecule has 4 rings (SSSR count). The molecular formula is C13H11N3OS. The van der Waals surface area contributed by atoms with Gasteiger partial charge in [0.1, 0.15) is 0 Å². The number of H-pyrrole nitrogens is 1. The van der Waals surface area contributed by atoms with Crippen LogP contribution in [0.1, 0.15) is 24.3 Å². The monoisotopic (exact) mass is 257 g/mol. The quantitative estimate of drug-likeness (QED) is 0.767. The van der Waals surface area contributed by atoms with Crippen molar-refractivity contribution in [1.29, 1.82) is 0 Å². The van der Waals surface area contributed by atoms with Gasteiger partial charge in [-0.1, -0.05) is 6.07 Å². The molecule has 18 heavy (non-hydrogen) atoms. The number of nitrogens with zero attached hydrogens (tertiary/aromatic N) is 2. The van der Waals surface area contributed by atoms with Crippen molar-refractivity contribution < 1.29 is 0 Å². The lowest BCUT2D eigenvalue weighted by molar-refractivity contribution is 0.901. The van der Waals surface area contributed by atoms with Crippen LogP contribution in [-0.2, 0) is 0 Å². The van der Waals surface area contributed by atoms with E-state index >= 15 is 0 Å². The highest BCUT2D eigenvalue weighted by atomic mass is 32.1. The zero-order valence-corrected chi connectivity index (χ0v) is 10.4. The van der Waals surface area contributed by atoms with Crippen LogP contribution < -0.4 is 5.56 Å². The number of thiophene rings is 1. The first-order valence-electron chi connectivity index (χ1n) is 5.98. The molecule has 1 saturated carbocycles. The summed E-state index contributed by atoms with van der Waals surface area (Å²) in [6, 6.07) is 5.56. The molecule has 5 heteroatoms. The summed E-state index contributed by atoms with van der Waals surface area (Å²) in [4.78, 5) is 17.7. The molecule has 3 aromatic rings. The predicted molar refractivity (Wildman–Crippen MR) is 71.1 cm³/mol. The molecule has 0 bridgehead atoms. The van der Waals surface area contributed by atoms with Gasteiger partial charge in [-0.3, -0.25) is 9.89 Å². The van der Waals surface area contributed by atoms with E-state index in [1.807, 2.05) is 23.7 Å². The van der Waals surface area contributed by atoms with Gasteiger partial charge in [0.15, 0.2) is 5.65 Å². The van der Waals surface area contributed by atoms with E-state index in [1.54, 1.807) is 17.4 Å². The van der Waals surface area contributed by atoms with Gasteiger partial charge in [-0.05, 0) is 30.2 Å². The molecule has 0 atom stereocenters. The third kappa shape index (κ3) is 1.44. The van der Waals surface area contributed by atoms with Crippen LogP contribution >= 0.6 is 11.3 Å². The summed E-state index contributed by atoms with van der Waals surface area (Å²) in [5.74, 6) is 0.580. The van der Waals surface area contributed by atoms with Crippen LogP contribution in [-0.4, -0.2) is 14.6 Å². The highest BCUT2D eigenvalue weighted by molar-refractivity contribution is 7.13. The molecule has 0 amide bonds. The molecule has 0 aliphatic heterocycles. The average molecular weight is 257 g/mol. The number of hydrogen-bond acceptors (Lipinski definition) is 3. The van der Waals surface area contributed by atoms with Gasteiger partial charge in [0.2, 0.25) is 0 Å². The summed E-state index contributed by atoms with van der Waals surface area (Å²) < 4.78 is 1.53. The normalized spacial score (nSPS) is 15.3. The van der Waals surface area contributed by atoms with Crippen molar-refractivity contribution in [2.75, 3.05) is 0 Å². The Hall–Kier alpha value is -1.88. The maximum atomic E-state index is 12.0. The molecule has 4 nitrogen and oxygen atoms in total. The largest absolute Gasteiger partial charge is 0.297 e. The van der Waals surface area contributed by atoms with Crippen LogP contribution in [0.3, 0.4) is 0 Å². The first-order chi connectivity index (χ1) is 8.83. The maximum absolute atomic E-state index is 12.0. The van der Waals surface area contributed by atoms with Crippen LogP contribution in [0.4, 0.5) is 0 Å². The summed E-state index contributed by atoms with van der Waals surface area (Å²) in [6.45, 7) is 0. The van der Waals surface area contributed by atoms with Gasteiger partial charge >= 0.3 is 0 Å². The van der Waals surface area contributed by atoms with Crippen molar-refractivity contribution in [3.05, 3.63) is 45.7 Å². The Kier molecular flexibility index (Phi) is 1.99. The van der Waals surface area contributed by atoms with E-state index in [4.69, 9.17) is 0 Å². The van der Waals surface area contributed by atoms with E-state index in [-0.39, 0.29) is 5.56 Å². The van der Waals surface area contributed by atoms with Crippen LogP contribution in [0.2, 0.25) is 0 Å². The van der Waals surface area contributed by atoms with E-state index in [9.17, 15) is 4.79 Å². The smallest absolute Gasteiger partial charge is 0.273 e. The second-order valence-corrected chi connectivity index (χ2v) is 5.57. The fraction of sp³-hybridized carbons (Fsp3) is 0.231. The van der Waals surface area contributed by atoms with E-state index < -0.39 is 0 Å². The van der Waals surface area contributed by atoms with E-state index in [2.05, 4.69) is 10.1 Å². The molecule has 1 aliphatic carbocycles. The minimum absolute atomic E-state index is 0.0460. The van der Waals surface area contributed by atoms with E-state index in [0.29, 0.717) is 5.92 Å². The molecule has 1 aliphatic rings. The summed E-state index contributed by atoms with van der Waals surface area (Å²) >= 11 is 1.60. The molecular weight excluding hydrogens is 246 g/mol. The third-order valence-electron chi connectivity index (χ3n) is 3.32. The van der Waals surface area contributed by atoms with Crippen LogP contribution in [0, 0.1) is 0 Å². The number of hydrogen-bond donors (Lipinski definition) is 1. The van der Waals surface area contributed by atoms with E-state index in [0.717, 1.165) is 16.2 Å². The second kappa shape index (κ2) is 3.55. The van der Waals surface area contributed by atoms with Gasteiger partial charge in [-0.15, -0.1) is 11.3 Å². The Labute approximate surface area is 107 Å². The summed E-state index contributed by atoms with van der Waals surface area (Å²) in [6.07, 6.45) is 4.32. The standard InChI is InChI=1S/C13H11N3OS/c17-12-6-10(11-2-1-5-18-11)15-13-9(8-3-4-8)7-14-16(12)13/h1-2,5-8,14H,3-4H2. The zero-order valence-electron chi connectivity index (χ0n) is 9.59. The lowest BCUT2D eigenvalue weighted by Crippen LogP contribution is -2.14. The number of nitrogens with one attached hydrogen (secondary N) is 1. The van der Waals surface area contributed by atoms with Gasteiger partial charge in [-0.25, -0.2) is 9.50 Å².